The highest BCUT2D eigenvalue weighted by atomic mass is 19.2. The van der Waals surface area contributed by atoms with Crippen molar-refractivity contribution in [1.82, 2.24) is 10.6 Å². The van der Waals surface area contributed by atoms with Crippen molar-refractivity contribution in [1.29, 1.82) is 0 Å². The number of nitrogens with one attached hydrogen (secondary N) is 2. The van der Waals surface area contributed by atoms with Gasteiger partial charge in [0.15, 0.2) is 17.6 Å². The normalized spacial score (nSPS) is 17.0. The Hall–Kier alpha value is -2.63. The molecule has 0 radical (unpaired) electrons. The van der Waals surface area contributed by atoms with Gasteiger partial charge in [0.1, 0.15) is 0 Å². The summed E-state index contributed by atoms with van der Waals surface area (Å²) in [4.78, 5) is 6.38. The molecule has 2 N–H and O–H groups in total. The molecule has 4 nitrogen and oxygen atoms in total. The molecular formula is C22H28F2N4. The lowest BCUT2D eigenvalue weighted by Crippen LogP contribution is -2.40. The molecule has 1 atom stereocenters. The van der Waals surface area contributed by atoms with E-state index in [1.165, 1.54) is 17.7 Å². The van der Waals surface area contributed by atoms with E-state index in [2.05, 4.69) is 44.8 Å². The van der Waals surface area contributed by atoms with Crippen molar-refractivity contribution in [3.63, 3.8) is 0 Å². The van der Waals surface area contributed by atoms with Crippen LogP contribution in [0.2, 0.25) is 0 Å². The van der Waals surface area contributed by atoms with Gasteiger partial charge in [-0.3, -0.25) is 4.99 Å². The Bertz CT molecular complexity index is 779. The van der Waals surface area contributed by atoms with Crippen LogP contribution in [0.5, 0.6) is 0 Å². The molecule has 0 amide bonds. The number of aliphatic imine (C=N–C) groups is 1. The van der Waals surface area contributed by atoms with Gasteiger partial charge in [-0.25, -0.2) is 8.78 Å². The highest BCUT2D eigenvalue weighted by Crippen LogP contribution is 2.24. The Morgan fingerprint density at radius 2 is 1.93 bits per heavy atom. The molecule has 1 unspecified atom stereocenters. The van der Waals surface area contributed by atoms with Crippen LogP contribution in [0.25, 0.3) is 0 Å². The first-order valence-corrected chi connectivity index (χ1v) is 9.84. The summed E-state index contributed by atoms with van der Waals surface area (Å²) in [7, 11) is 1.77. The molecule has 1 aliphatic rings. The fourth-order valence-electron chi connectivity index (χ4n) is 3.52. The summed E-state index contributed by atoms with van der Waals surface area (Å²) < 4.78 is 26.6. The quantitative estimate of drug-likeness (QED) is 0.434. The molecule has 0 aromatic heterocycles. The molecule has 0 spiro atoms. The van der Waals surface area contributed by atoms with E-state index in [1.807, 2.05) is 6.07 Å². The van der Waals surface area contributed by atoms with Crippen molar-refractivity contribution >= 4 is 11.6 Å². The predicted octanol–water partition coefficient (Wildman–Crippen LogP) is 3.59. The van der Waals surface area contributed by atoms with E-state index < -0.39 is 11.6 Å². The van der Waals surface area contributed by atoms with Crippen molar-refractivity contribution < 1.29 is 8.78 Å². The second-order valence-electron chi connectivity index (χ2n) is 7.17. The van der Waals surface area contributed by atoms with Crippen molar-refractivity contribution in [2.45, 2.75) is 19.3 Å². The average Bonchev–Trinajstić information content (AvgIpc) is 3.19. The maximum Gasteiger partial charge on any atom is 0.190 e. The van der Waals surface area contributed by atoms with E-state index in [0.29, 0.717) is 5.92 Å². The van der Waals surface area contributed by atoms with Gasteiger partial charge in [-0.15, -0.1) is 0 Å². The maximum absolute atomic E-state index is 13.4. The molecule has 0 bridgehead atoms. The van der Waals surface area contributed by atoms with Crippen molar-refractivity contribution in [3.05, 3.63) is 65.7 Å². The highest BCUT2D eigenvalue weighted by molar-refractivity contribution is 5.79. The number of nitrogens with zero attached hydrogens (tertiary/aromatic N) is 2. The molecule has 28 heavy (non-hydrogen) atoms. The fourth-order valence-corrected chi connectivity index (χ4v) is 3.52. The van der Waals surface area contributed by atoms with E-state index in [4.69, 9.17) is 0 Å². The van der Waals surface area contributed by atoms with Crippen LogP contribution in [0.1, 0.15) is 18.4 Å². The first-order chi connectivity index (χ1) is 13.7. The third-order valence-electron chi connectivity index (χ3n) is 5.11. The summed E-state index contributed by atoms with van der Waals surface area (Å²) in [6.45, 7) is 3.34. The summed E-state index contributed by atoms with van der Waals surface area (Å²) in [5.74, 6) is -0.349. The summed E-state index contributed by atoms with van der Waals surface area (Å²) in [6.07, 6.45) is 3.09. The Morgan fingerprint density at radius 1 is 1.11 bits per heavy atom. The molecule has 1 fully saturated rings. The average molecular weight is 386 g/mol. The van der Waals surface area contributed by atoms with Crippen LogP contribution in [-0.4, -0.2) is 39.2 Å². The summed E-state index contributed by atoms with van der Waals surface area (Å²) in [5.41, 5.74) is 2.08. The molecule has 150 valence electrons. The highest BCUT2D eigenvalue weighted by Gasteiger charge is 2.23. The number of guanidine groups is 1. The Balaban J connectivity index is 1.37. The zero-order valence-corrected chi connectivity index (χ0v) is 16.3. The van der Waals surface area contributed by atoms with Gasteiger partial charge in [-0.05, 0) is 42.9 Å². The molecular weight excluding hydrogens is 358 g/mol. The molecule has 1 aliphatic heterocycles. The number of halogens is 2. The van der Waals surface area contributed by atoms with Gasteiger partial charge in [0.2, 0.25) is 0 Å². The molecule has 1 saturated heterocycles. The molecule has 0 aliphatic carbocycles. The Labute approximate surface area is 165 Å². The molecule has 1 heterocycles. The monoisotopic (exact) mass is 386 g/mol. The lowest BCUT2D eigenvalue weighted by atomic mass is 10.1. The van der Waals surface area contributed by atoms with E-state index in [1.54, 1.807) is 13.1 Å². The number of rotatable bonds is 7. The lowest BCUT2D eigenvalue weighted by Gasteiger charge is -2.19. The van der Waals surface area contributed by atoms with E-state index in [0.717, 1.165) is 57.1 Å². The summed E-state index contributed by atoms with van der Waals surface area (Å²) in [5, 5.41) is 6.73. The fraction of sp³-hybridized carbons (Fsp3) is 0.409. The van der Waals surface area contributed by atoms with Gasteiger partial charge in [0.25, 0.3) is 0 Å². The Kier molecular flexibility index (Phi) is 7.23. The lowest BCUT2D eigenvalue weighted by molar-refractivity contribution is 0.508. The van der Waals surface area contributed by atoms with Crippen molar-refractivity contribution in [2.75, 3.05) is 38.1 Å². The second kappa shape index (κ2) is 10.1. The standard InChI is InChI=1S/C22H28F2N4/c1-25-22(26-12-5-8-17-6-3-2-4-7-17)27-15-18-11-13-28(16-18)19-9-10-20(23)21(24)14-19/h2-4,6-7,9-10,14,18H,5,8,11-13,15-16H2,1H3,(H2,25,26,27). The molecule has 2 aromatic rings. The third kappa shape index (κ3) is 5.68. The first kappa shape index (κ1) is 20.1. The molecule has 6 heteroatoms. The van der Waals surface area contributed by atoms with Crippen LogP contribution in [0, 0.1) is 17.6 Å². The largest absolute Gasteiger partial charge is 0.371 e. The van der Waals surface area contributed by atoms with Gasteiger partial charge >= 0.3 is 0 Å². The zero-order chi connectivity index (χ0) is 19.8. The van der Waals surface area contributed by atoms with E-state index in [9.17, 15) is 8.78 Å². The Morgan fingerprint density at radius 3 is 2.68 bits per heavy atom. The minimum absolute atomic E-state index is 0.441. The number of aryl methyl sites for hydroxylation is 1. The maximum atomic E-state index is 13.4. The molecule has 0 saturated carbocycles. The minimum atomic E-state index is -0.802. The van der Waals surface area contributed by atoms with Crippen LogP contribution in [0.4, 0.5) is 14.5 Å². The van der Waals surface area contributed by atoms with Crippen LogP contribution < -0.4 is 15.5 Å². The minimum Gasteiger partial charge on any atom is -0.371 e. The second-order valence-corrected chi connectivity index (χ2v) is 7.17. The zero-order valence-electron chi connectivity index (χ0n) is 16.3. The SMILES string of the molecule is CN=C(NCCCc1ccccc1)NCC1CCN(c2ccc(F)c(F)c2)C1. The van der Waals surface area contributed by atoms with Crippen LogP contribution >= 0.6 is 0 Å². The van der Waals surface area contributed by atoms with Crippen molar-refractivity contribution in [2.24, 2.45) is 10.9 Å². The van der Waals surface area contributed by atoms with Crippen LogP contribution in [0.3, 0.4) is 0 Å². The smallest absolute Gasteiger partial charge is 0.190 e. The number of benzene rings is 2. The topological polar surface area (TPSA) is 39.7 Å². The predicted molar refractivity (Wildman–Crippen MR) is 111 cm³/mol. The van der Waals surface area contributed by atoms with Gasteiger partial charge in [-0.1, -0.05) is 30.3 Å². The van der Waals surface area contributed by atoms with Crippen LogP contribution in [0.15, 0.2) is 53.5 Å². The van der Waals surface area contributed by atoms with Gasteiger partial charge in [0, 0.05) is 45.0 Å². The van der Waals surface area contributed by atoms with Crippen LogP contribution in [-0.2, 0) is 6.42 Å². The number of hydrogen-bond acceptors (Lipinski definition) is 2. The molecule has 2 aromatic carbocycles. The van der Waals surface area contributed by atoms with Gasteiger partial charge < -0.3 is 15.5 Å². The third-order valence-corrected chi connectivity index (χ3v) is 5.11. The van der Waals surface area contributed by atoms with E-state index in [-0.39, 0.29) is 0 Å². The first-order valence-electron chi connectivity index (χ1n) is 9.84. The van der Waals surface area contributed by atoms with Gasteiger partial charge in [0.05, 0.1) is 0 Å². The number of hydrogen-bond donors (Lipinski definition) is 2. The number of anilines is 1. The van der Waals surface area contributed by atoms with Gasteiger partial charge in [-0.2, -0.15) is 0 Å². The summed E-state index contributed by atoms with van der Waals surface area (Å²) in [6, 6.07) is 14.6. The van der Waals surface area contributed by atoms with Crippen molar-refractivity contribution in [3.8, 4) is 0 Å². The summed E-state index contributed by atoms with van der Waals surface area (Å²) >= 11 is 0. The molecule has 3 rings (SSSR count). The van der Waals surface area contributed by atoms with E-state index >= 15 is 0 Å².